The van der Waals surface area contributed by atoms with Gasteiger partial charge in [0.15, 0.2) is 5.58 Å². The van der Waals surface area contributed by atoms with Crippen LogP contribution in [-0.2, 0) is 0 Å². The van der Waals surface area contributed by atoms with Crippen molar-refractivity contribution in [2.45, 2.75) is 0 Å². The first-order valence-corrected chi connectivity index (χ1v) is 3.47. The van der Waals surface area contributed by atoms with Gasteiger partial charge in [-0.1, -0.05) is 11.6 Å². The van der Waals surface area contributed by atoms with Crippen LogP contribution in [0, 0.1) is 5.82 Å². The zero-order valence-corrected chi connectivity index (χ0v) is 6.23. The molecule has 3 heteroatoms. The van der Waals surface area contributed by atoms with Crippen molar-refractivity contribution in [3.05, 3.63) is 35.3 Å². The lowest BCUT2D eigenvalue weighted by Gasteiger charge is -1.91. The first-order valence-electron chi connectivity index (χ1n) is 3.09. The van der Waals surface area contributed by atoms with Gasteiger partial charge in [0.2, 0.25) is 0 Å². The van der Waals surface area contributed by atoms with E-state index in [1.807, 2.05) is 0 Å². The van der Waals surface area contributed by atoms with Gasteiger partial charge in [-0.2, -0.15) is 0 Å². The summed E-state index contributed by atoms with van der Waals surface area (Å²) in [5, 5.41) is 1.00. The molecule has 0 aliphatic rings. The van der Waals surface area contributed by atoms with E-state index in [4.69, 9.17) is 16.0 Å². The van der Waals surface area contributed by atoms with Crippen LogP contribution in [0.25, 0.3) is 11.0 Å². The molecule has 0 N–H and O–H groups in total. The smallest absolute Gasteiger partial charge is 0.152 e. The van der Waals surface area contributed by atoms with E-state index in [2.05, 4.69) is 0 Å². The lowest BCUT2D eigenvalue weighted by molar-refractivity contribution is 0.610. The van der Waals surface area contributed by atoms with E-state index in [0.29, 0.717) is 16.0 Å². The fraction of sp³-hybridized carbons (Fsp3) is 0. The highest BCUT2D eigenvalue weighted by Gasteiger charge is 2.03. The molecule has 0 spiro atoms. The molecule has 0 atom stereocenters. The molecule has 0 saturated heterocycles. The van der Waals surface area contributed by atoms with E-state index in [1.165, 1.54) is 18.4 Å². The van der Waals surface area contributed by atoms with Crippen molar-refractivity contribution in [3.8, 4) is 0 Å². The molecule has 0 unspecified atom stereocenters. The molecule has 0 amide bonds. The summed E-state index contributed by atoms with van der Waals surface area (Å²) in [6.07, 6.45) is 1.48. The van der Waals surface area contributed by atoms with Crippen LogP contribution in [0.5, 0.6) is 0 Å². The highest BCUT2D eigenvalue weighted by atomic mass is 35.5. The van der Waals surface area contributed by atoms with Gasteiger partial charge in [-0.15, -0.1) is 0 Å². The third-order valence-corrected chi connectivity index (χ3v) is 1.75. The van der Waals surface area contributed by atoms with Gasteiger partial charge in [0, 0.05) is 5.39 Å². The summed E-state index contributed by atoms with van der Waals surface area (Å²) in [6.45, 7) is 0. The van der Waals surface area contributed by atoms with Crippen molar-refractivity contribution in [3.63, 3.8) is 0 Å². The van der Waals surface area contributed by atoms with Crippen LogP contribution in [0.4, 0.5) is 4.39 Å². The predicted molar refractivity (Wildman–Crippen MR) is 41.2 cm³/mol. The Morgan fingerprint density at radius 2 is 2.18 bits per heavy atom. The summed E-state index contributed by atoms with van der Waals surface area (Å²) in [5.74, 6) is -0.344. The average Bonchev–Trinajstić information content (AvgIpc) is 2.34. The zero-order chi connectivity index (χ0) is 7.84. The Labute approximate surface area is 67.4 Å². The van der Waals surface area contributed by atoms with Gasteiger partial charge in [-0.3, -0.25) is 0 Å². The molecule has 1 aromatic heterocycles. The van der Waals surface area contributed by atoms with Gasteiger partial charge < -0.3 is 4.42 Å². The van der Waals surface area contributed by atoms with Gasteiger partial charge in [0.1, 0.15) is 5.82 Å². The fourth-order valence-corrected chi connectivity index (χ4v) is 1.26. The van der Waals surface area contributed by atoms with Crippen LogP contribution >= 0.6 is 11.6 Å². The highest BCUT2D eigenvalue weighted by Crippen LogP contribution is 2.25. The first-order chi connectivity index (χ1) is 5.27. The average molecular weight is 171 g/mol. The van der Waals surface area contributed by atoms with Gasteiger partial charge in [-0.25, -0.2) is 4.39 Å². The summed E-state index contributed by atoms with van der Waals surface area (Å²) in [6, 6.07) is 4.28. The molecule has 0 radical (unpaired) electrons. The zero-order valence-electron chi connectivity index (χ0n) is 5.47. The third kappa shape index (κ3) is 0.994. The van der Waals surface area contributed by atoms with Crippen molar-refractivity contribution in [1.29, 1.82) is 0 Å². The first kappa shape index (κ1) is 6.68. The summed E-state index contributed by atoms with van der Waals surface area (Å²) in [7, 11) is 0. The minimum atomic E-state index is -0.344. The second-order valence-electron chi connectivity index (χ2n) is 2.23. The van der Waals surface area contributed by atoms with Gasteiger partial charge in [0.25, 0.3) is 0 Å². The van der Waals surface area contributed by atoms with E-state index >= 15 is 0 Å². The quantitative estimate of drug-likeness (QED) is 0.592. The summed E-state index contributed by atoms with van der Waals surface area (Å²) in [5.41, 5.74) is 0.535. The second kappa shape index (κ2) is 2.24. The van der Waals surface area contributed by atoms with Crippen LogP contribution in [0.2, 0.25) is 5.02 Å². The van der Waals surface area contributed by atoms with E-state index in [1.54, 1.807) is 6.07 Å². The molecule has 0 bridgehead atoms. The lowest BCUT2D eigenvalue weighted by atomic mass is 10.2. The molecule has 2 aromatic rings. The Hall–Kier alpha value is -1.02. The molecule has 0 aliphatic carbocycles. The van der Waals surface area contributed by atoms with E-state index in [-0.39, 0.29) is 5.82 Å². The second-order valence-corrected chi connectivity index (χ2v) is 2.63. The Balaban J connectivity index is 2.91. The third-order valence-electron chi connectivity index (χ3n) is 1.47. The van der Waals surface area contributed by atoms with Crippen LogP contribution in [0.3, 0.4) is 0 Å². The maximum absolute atomic E-state index is 12.6. The normalized spacial score (nSPS) is 10.7. The van der Waals surface area contributed by atoms with Crippen LogP contribution in [0.15, 0.2) is 28.9 Å². The van der Waals surface area contributed by atoms with Crippen molar-refractivity contribution < 1.29 is 8.81 Å². The SMILES string of the molecule is Fc1cc(Cl)c2occc2c1. The molecule has 1 aromatic carbocycles. The molecule has 0 fully saturated rings. The summed E-state index contributed by atoms with van der Waals surface area (Å²) >= 11 is 5.67. The molecule has 0 aliphatic heterocycles. The number of hydrogen-bond acceptors (Lipinski definition) is 1. The Kier molecular flexibility index (Phi) is 1.36. The summed E-state index contributed by atoms with van der Waals surface area (Å²) < 4.78 is 17.7. The Bertz CT molecular complexity index is 394. The number of fused-ring (bicyclic) bond motifs is 1. The van der Waals surface area contributed by atoms with Crippen molar-refractivity contribution in [1.82, 2.24) is 0 Å². The van der Waals surface area contributed by atoms with Gasteiger partial charge in [-0.05, 0) is 18.2 Å². The number of furan rings is 1. The molecular formula is C8H4ClFO. The highest BCUT2D eigenvalue weighted by molar-refractivity contribution is 6.34. The van der Waals surface area contributed by atoms with Gasteiger partial charge >= 0.3 is 0 Å². The van der Waals surface area contributed by atoms with E-state index in [0.717, 1.165) is 0 Å². The van der Waals surface area contributed by atoms with Crippen LogP contribution < -0.4 is 0 Å². The minimum Gasteiger partial charge on any atom is -0.463 e. The minimum absolute atomic E-state index is 0.310. The van der Waals surface area contributed by atoms with Gasteiger partial charge in [0.05, 0.1) is 11.3 Å². The number of rotatable bonds is 0. The standard InChI is InChI=1S/C8H4ClFO/c9-7-4-6(10)3-5-1-2-11-8(5)7/h1-4H. The largest absolute Gasteiger partial charge is 0.463 e. The van der Waals surface area contributed by atoms with E-state index < -0.39 is 0 Å². The Morgan fingerprint density at radius 1 is 1.36 bits per heavy atom. The number of hydrogen-bond donors (Lipinski definition) is 0. The molecule has 11 heavy (non-hydrogen) atoms. The van der Waals surface area contributed by atoms with Crippen LogP contribution in [0.1, 0.15) is 0 Å². The molecule has 1 nitrogen and oxygen atoms in total. The molecular weight excluding hydrogens is 167 g/mol. The number of halogens is 2. The van der Waals surface area contributed by atoms with Crippen LogP contribution in [-0.4, -0.2) is 0 Å². The van der Waals surface area contributed by atoms with Crippen molar-refractivity contribution >= 4 is 22.6 Å². The summed E-state index contributed by atoms with van der Waals surface area (Å²) in [4.78, 5) is 0. The van der Waals surface area contributed by atoms with Crippen molar-refractivity contribution in [2.24, 2.45) is 0 Å². The maximum atomic E-state index is 12.6. The lowest BCUT2D eigenvalue weighted by Crippen LogP contribution is -1.72. The van der Waals surface area contributed by atoms with Crippen molar-refractivity contribution in [2.75, 3.05) is 0 Å². The maximum Gasteiger partial charge on any atom is 0.152 e. The number of benzene rings is 1. The molecule has 0 saturated carbocycles. The van der Waals surface area contributed by atoms with E-state index in [9.17, 15) is 4.39 Å². The molecule has 1 heterocycles. The monoisotopic (exact) mass is 170 g/mol. The topological polar surface area (TPSA) is 13.1 Å². The fourth-order valence-electron chi connectivity index (χ4n) is 1.00. The predicted octanol–water partition coefficient (Wildman–Crippen LogP) is 3.23. The molecule has 56 valence electrons. The molecule has 2 rings (SSSR count). The Morgan fingerprint density at radius 3 is 3.00 bits per heavy atom.